The summed E-state index contributed by atoms with van der Waals surface area (Å²) in [7, 11) is 3.13. The molecule has 1 aliphatic rings. The SMILES string of the molecule is COC(=O)C(=O)N(CCNc1cccc2c1N(C)CCO2)Cc1ccc(F)cc1Cl. The van der Waals surface area contributed by atoms with Gasteiger partial charge in [-0.3, -0.25) is 4.79 Å². The van der Waals surface area contributed by atoms with Crippen molar-refractivity contribution in [3.8, 4) is 5.75 Å². The average Bonchev–Trinajstić information content (AvgIpc) is 2.73. The summed E-state index contributed by atoms with van der Waals surface area (Å²) in [5.41, 5.74) is 2.33. The molecule has 0 radical (unpaired) electrons. The van der Waals surface area contributed by atoms with Gasteiger partial charge in [-0.15, -0.1) is 0 Å². The zero-order valence-corrected chi connectivity index (χ0v) is 17.5. The van der Waals surface area contributed by atoms with Gasteiger partial charge in [-0.25, -0.2) is 9.18 Å². The highest BCUT2D eigenvalue weighted by Crippen LogP contribution is 2.37. The molecule has 1 N–H and O–H groups in total. The molecule has 2 aromatic carbocycles. The highest BCUT2D eigenvalue weighted by atomic mass is 35.5. The summed E-state index contributed by atoms with van der Waals surface area (Å²) < 4.78 is 23.6. The van der Waals surface area contributed by atoms with Crippen LogP contribution < -0.4 is 15.0 Å². The first-order valence-corrected chi connectivity index (χ1v) is 9.80. The number of amides is 1. The maximum Gasteiger partial charge on any atom is 0.396 e. The fourth-order valence-electron chi connectivity index (χ4n) is 3.23. The monoisotopic (exact) mass is 435 g/mol. The third-order valence-corrected chi connectivity index (χ3v) is 5.14. The molecule has 0 atom stereocenters. The molecule has 1 aliphatic heterocycles. The van der Waals surface area contributed by atoms with Gasteiger partial charge < -0.3 is 24.6 Å². The minimum atomic E-state index is -0.974. The number of nitrogens with zero attached hydrogens (tertiary/aromatic N) is 2. The normalized spacial score (nSPS) is 12.6. The minimum Gasteiger partial charge on any atom is -0.489 e. The van der Waals surface area contributed by atoms with Gasteiger partial charge in [0.25, 0.3) is 0 Å². The number of likely N-dealkylation sites (N-methyl/N-ethyl adjacent to an activating group) is 1. The second-order valence-corrected chi connectivity index (χ2v) is 7.21. The van der Waals surface area contributed by atoms with Gasteiger partial charge in [0, 0.05) is 31.7 Å². The van der Waals surface area contributed by atoms with Crippen LogP contribution in [-0.2, 0) is 20.9 Å². The predicted molar refractivity (Wildman–Crippen MR) is 113 cm³/mol. The molecular weight excluding hydrogens is 413 g/mol. The van der Waals surface area contributed by atoms with Crippen LogP contribution in [0.5, 0.6) is 5.75 Å². The molecule has 7 nitrogen and oxygen atoms in total. The van der Waals surface area contributed by atoms with Crippen molar-refractivity contribution in [3.05, 3.63) is 52.8 Å². The number of nitrogens with one attached hydrogen (secondary N) is 1. The second kappa shape index (κ2) is 9.67. The molecule has 0 aliphatic carbocycles. The molecular formula is C21H23ClFN3O4. The van der Waals surface area contributed by atoms with E-state index in [2.05, 4.69) is 15.0 Å². The van der Waals surface area contributed by atoms with E-state index < -0.39 is 17.7 Å². The van der Waals surface area contributed by atoms with Crippen molar-refractivity contribution in [2.24, 2.45) is 0 Å². The molecule has 0 aromatic heterocycles. The molecule has 30 heavy (non-hydrogen) atoms. The Labute approximate surface area is 179 Å². The third-order valence-electron chi connectivity index (χ3n) is 4.79. The van der Waals surface area contributed by atoms with Gasteiger partial charge in [0.15, 0.2) is 0 Å². The summed E-state index contributed by atoms with van der Waals surface area (Å²) in [6.07, 6.45) is 0. The molecule has 0 saturated heterocycles. The van der Waals surface area contributed by atoms with E-state index in [9.17, 15) is 14.0 Å². The van der Waals surface area contributed by atoms with E-state index in [0.717, 1.165) is 30.8 Å². The summed E-state index contributed by atoms with van der Waals surface area (Å²) in [5.74, 6) is -1.46. The van der Waals surface area contributed by atoms with E-state index in [1.54, 1.807) is 0 Å². The van der Waals surface area contributed by atoms with Gasteiger partial charge >= 0.3 is 11.9 Å². The van der Waals surface area contributed by atoms with Crippen LogP contribution in [0.3, 0.4) is 0 Å². The van der Waals surface area contributed by atoms with Crippen molar-refractivity contribution in [2.75, 3.05) is 50.6 Å². The molecule has 9 heteroatoms. The van der Waals surface area contributed by atoms with Crippen molar-refractivity contribution < 1.29 is 23.5 Å². The fraction of sp³-hybridized carbons (Fsp3) is 0.333. The Kier molecular flexibility index (Phi) is 6.99. The number of esters is 1. The highest BCUT2D eigenvalue weighted by Gasteiger charge is 2.24. The summed E-state index contributed by atoms with van der Waals surface area (Å²) in [4.78, 5) is 27.7. The van der Waals surface area contributed by atoms with Crippen molar-refractivity contribution in [1.29, 1.82) is 0 Å². The molecule has 3 rings (SSSR count). The third kappa shape index (κ3) is 4.94. The van der Waals surface area contributed by atoms with Gasteiger partial charge in [-0.1, -0.05) is 23.7 Å². The van der Waals surface area contributed by atoms with Crippen LogP contribution in [0.25, 0.3) is 0 Å². The van der Waals surface area contributed by atoms with Crippen molar-refractivity contribution >= 4 is 34.9 Å². The van der Waals surface area contributed by atoms with Crippen LogP contribution in [0.15, 0.2) is 36.4 Å². The number of hydrogen-bond acceptors (Lipinski definition) is 6. The van der Waals surface area contributed by atoms with E-state index in [1.807, 2.05) is 25.2 Å². The molecule has 0 saturated carbocycles. The maximum atomic E-state index is 13.3. The topological polar surface area (TPSA) is 71.1 Å². The van der Waals surface area contributed by atoms with Crippen LogP contribution in [0.1, 0.15) is 5.56 Å². The highest BCUT2D eigenvalue weighted by molar-refractivity contribution is 6.32. The lowest BCUT2D eigenvalue weighted by molar-refractivity contribution is -0.158. The molecule has 1 amide bonds. The van der Waals surface area contributed by atoms with Gasteiger partial charge in [-0.2, -0.15) is 0 Å². The second-order valence-electron chi connectivity index (χ2n) is 6.80. The number of halogens is 2. The number of carbonyl (C=O) groups is 2. The number of ether oxygens (including phenoxy) is 2. The average molecular weight is 436 g/mol. The van der Waals surface area contributed by atoms with Crippen molar-refractivity contribution in [2.45, 2.75) is 6.54 Å². The molecule has 1 heterocycles. The van der Waals surface area contributed by atoms with Crippen molar-refractivity contribution in [1.82, 2.24) is 4.90 Å². The Hall–Kier alpha value is -3.00. The number of carbonyl (C=O) groups excluding carboxylic acids is 2. The maximum absolute atomic E-state index is 13.3. The van der Waals surface area contributed by atoms with Crippen LogP contribution in [0, 0.1) is 5.82 Å². The van der Waals surface area contributed by atoms with Crippen LogP contribution in [-0.4, -0.2) is 57.2 Å². The van der Waals surface area contributed by atoms with E-state index in [4.69, 9.17) is 16.3 Å². The first-order chi connectivity index (χ1) is 14.4. The summed E-state index contributed by atoms with van der Waals surface area (Å²) in [5, 5.41) is 3.48. The quantitative estimate of drug-likeness (QED) is 0.555. The smallest absolute Gasteiger partial charge is 0.396 e. The fourth-order valence-corrected chi connectivity index (χ4v) is 3.46. The summed E-state index contributed by atoms with van der Waals surface area (Å²) >= 11 is 6.09. The number of methoxy groups -OCH3 is 1. The Morgan fingerprint density at radius 1 is 1.33 bits per heavy atom. The molecule has 0 unspecified atom stereocenters. The molecule has 0 fully saturated rings. The molecule has 2 aromatic rings. The number of anilines is 2. The minimum absolute atomic E-state index is 0.0463. The zero-order valence-electron chi connectivity index (χ0n) is 16.8. The van der Waals surface area contributed by atoms with E-state index in [0.29, 0.717) is 18.7 Å². The Balaban J connectivity index is 1.73. The molecule has 0 bridgehead atoms. The number of rotatable bonds is 6. The zero-order chi connectivity index (χ0) is 21.7. The van der Waals surface area contributed by atoms with Gasteiger partial charge in [0.2, 0.25) is 0 Å². The van der Waals surface area contributed by atoms with Crippen LogP contribution in [0.2, 0.25) is 5.02 Å². The Bertz CT molecular complexity index is 940. The Morgan fingerprint density at radius 3 is 2.87 bits per heavy atom. The van der Waals surface area contributed by atoms with Gasteiger partial charge in [0.05, 0.1) is 19.3 Å². The lowest BCUT2D eigenvalue weighted by atomic mass is 10.2. The number of hydrogen-bond donors (Lipinski definition) is 1. The summed E-state index contributed by atoms with van der Waals surface area (Å²) in [6, 6.07) is 9.63. The predicted octanol–water partition coefficient (Wildman–Crippen LogP) is 2.92. The van der Waals surface area contributed by atoms with Gasteiger partial charge in [0.1, 0.15) is 23.9 Å². The standard InChI is InChI=1S/C21H23ClFN3O4/c1-25-10-11-30-18-5-3-4-17(19(18)25)24-8-9-26(20(27)21(28)29-2)13-14-6-7-15(23)12-16(14)22/h3-7,12,24H,8-11,13H2,1-2H3. The molecule has 160 valence electrons. The largest absolute Gasteiger partial charge is 0.489 e. The van der Waals surface area contributed by atoms with Crippen LogP contribution in [0.4, 0.5) is 15.8 Å². The number of para-hydroxylation sites is 1. The number of fused-ring (bicyclic) bond motifs is 1. The Morgan fingerprint density at radius 2 is 2.13 bits per heavy atom. The van der Waals surface area contributed by atoms with Gasteiger partial charge in [-0.05, 0) is 29.8 Å². The number of benzene rings is 2. The van der Waals surface area contributed by atoms with E-state index in [1.165, 1.54) is 23.1 Å². The van der Waals surface area contributed by atoms with Crippen LogP contribution >= 0.6 is 11.6 Å². The first-order valence-electron chi connectivity index (χ1n) is 9.42. The van der Waals surface area contributed by atoms with E-state index in [-0.39, 0.29) is 18.1 Å². The summed E-state index contributed by atoms with van der Waals surface area (Å²) in [6.45, 7) is 2.00. The van der Waals surface area contributed by atoms with Crippen molar-refractivity contribution in [3.63, 3.8) is 0 Å². The lowest BCUT2D eigenvalue weighted by Crippen LogP contribution is -2.39. The first kappa shape index (κ1) is 21.7. The molecule has 0 spiro atoms. The van der Waals surface area contributed by atoms with E-state index >= 15 is 0 Å². The lowest BCUT2D eigenvalue weighted by Gasteiger charge is -2.30.